The quantitative estimate of drug-likeness (QED) is 0.533. The summed E-state index contributed by atoms with van der Waals surface area (Å²) in [5.41, 5.74) is 1.99. The van der Waals surface area contributed by atoms with Gasteiger partial charge in [0.2, 0.25) is 0 Å². The van der Waals surface area contributed by atoms with Gasteiger partial charge in [-0.3, -0.25) is 0 Å². The molecule has 0 saturated carbocycles. The average Bonchev–Trinajstić information content (AvgIpc) is 2.67. The van der Waals surface area contributed by atoms with Crippen LogP contribution in [0.4, 0.5) is 16.2 Å². The summed E-state index contributed by atoms with van der Waals surface area (Å²) in [6, 6.07) is 20.5. The molecule has 5 heteroatoms. The molecule has 0 aliphatic heterocycles. The fraction of sp³-hybridized carbons (Fsp3) is 0.0476. The lowest BCUT2D eigenvalue weighted by atomic mass is 10.1. The van der Waals surface area contributed by atoms with Gasteiger partial charge in [0.15, 0.2) is 0 Å². The molecular weight excluding hydrogens is 328 g/mol. The lowest BCUT2D eigenvalue weighted by Crippen LogP contribution is -2.19. The van der Waals surface area contributed by atoms with Crippen molar-refractivity contribution in [3.63, 3.8) is 0 Å². The number of rotatable bonds is 4. The van der Waals surface area contributed by atoms with Crippen LogP contribution in [0.15, 0.2) is 72.8 Å². The van der Waals surface area contributed by atoms with Crippen molar-refractivity contribution in [2.75, 3.05) is 17.7 Å². The fourth-order valence-electron chi connectivity index (χ4n) is 2.53. The lowest BCUT2D eigenvalue weighted by molar-refractivity contribution is -0.134. The van der Waals surface area contributed by atoms with Gasteiger partial charge < -0.3 is 15.4 Å². The number of urea groups is 1. The predicted molar refractivity (Wildman–Crippen MR) is 104 cm³/mol. The Morgan fingerprint density at radius 1 is 0.885 bits per heavy atom. The minimum Gasteiger partial charge on any atom is -0.466 e. The minimum absolute atomic E-state index is 0.362. The molecule has 0 atom stereocenters. The number of nitrogens with one attached hydrogen (secondary N) is 2. The van der Waals surface area contributed by atoms with Crippen molar-refractivity contribution in [3.8, 4) is 0 Å². The highest BCUT2D eigenvalue weighted by atomic mass is 16.5. The molecule has 2 N–H and O–H groups in total. The number of carbonyl (C=O) groups is 2. The normalized spacial score (nSPS) is 10.7. The van der Waals surface area contributed by atoms with Crippen LogP contribution in [-0.2, 0) is 9.53 Å². The van der Waals surface area contributed by atoms with Crippen LogP contribution in [0.3, 0.4) is 0 Å². The molecule has 0 spiro atoms. The molecule has 2 amide bonds. The zero-order valence-corrected chi connectivity index (χ0v) is 14.2. The van der Waals surface area contributed by atoms with E-state index in [0.29, 0.717) is 16.9 Å². The van der Waals surface area contributed by atoms with E-state index < -0.39 is 5.97 Å². The Labute approximate surface area is 151 Å². The summed E-state index contributed by atoms with van der Waals surface area (Å²) in [6.07, 6.45) is 2.90. The molecule has 0 aliphatic carbocycles. The van der Waals surface area contributed by atoms with Crippen LogP contribution in [0.5, 0.6) is 0 Å². The maximum Gasteiger partial charge on any atom is 0.330 e. The second-order valence-electron chi connectivity index (χ2n) is 5.58. The first-order valence-electron chi connectivity index (χ1n) is 8.07. The fourth-order valence-corrected chi connectivity index (χ4v) is 2.53. The smallest absolute Gasteiger partial charge is 0.330 e. The van der Waals surface area contributed by atoms with E-state index in [-0.39, 0.29) is 6.03 Å². The van der Waals surface area contributed by atoms with Crippen molar-refractivity contribution < 1.29 is 14.3 Å². The van der Waals surface area contributed by atoms with E-state index in [1.807, 2.05) is 48.5 Å². The maximum atomic E-state index is 12.3. The predicted octanol–water partition coefficient (Wildman–Crippen LogP) is 4.67. The van der Waals surface area contributed by atoms with Gasteiger partial charge in [0.1, 0.15) is 0 Å². The van der Waals surface area contributed by atoms with Crippen molar-refractivity contribution >= 4 is 40.2 Å². The van der Waals surface area contributed by atoms with Crippen LogP contribution in [0.2, 0.25) is 0 Å². The number of hydrogen-bond donors (Lipinski definition) is 2. The van der Waals surface area contributed by atoms with Gasteiger partial charge in [-0.25, -0.2) is 9.59 Å². The summed E-state index contributed by atoms with van der Waals surface area (Å²) in [4.78, 5) is 23.6. The van der Waals surface area contributed by atoms with Crippen molar-refractivity contribution in [1.82, 2.24) is 0 Å². The number of hydrogen-bond acceptors (Lipinski definition) is 3. The molecule has 0 unspecified atom stereocenters. The molecule has 3 aromatic carbocycles. The van der Waals surface area contributed by atoms with Crippen LogP contribution < -0.4 is 10.6 Å². The van der Waals surface area contributed by atoms with Crippen LogP contribution in [0.1, 0.15) is 5.56 Å². The topological polar surface area (TPSA) is 67.4 Å². The first kappa shape index (κ1) is 17.2. The Morgan fingerprint density at radius 2 is 1.62 bits per heavy atom. The Balaban J connectivity index is 1.73. The third-order valence-electron chi connectivity index (χ3n) is 3.82. The van der Waals surface area contributed by atoms with Gasteiger partial charge in [0, 0.05) is 17.5 Å². The summed E-state index contributed by atoms with van der Waals surface area (Å²) < 4.78 is 4.58. The Hall–Kier alpha value is -3.60. The molecule has 26 heavy (non-hydrogen) atoms. The van der Waals surface area contributed by atoms with E-state index in [1.165, 1.54) is 13.2 Å². The minimum atomic E-state index is -0.458. The summed E-state index contributed by atoms with van der Waals surface area (Å²) in [7, 11) is 1.31. The molecule has 3 aromatic rings. The molecule has 0 heterocycles. The Morgan fingerprint density at radius 3 is 2.42 bits per heavy atom. The van der Waals surface area contributed by atoms with Crippen molar-refractivity contribution in [1.29, 1.82) is 0 Å². The van der Waals surface area contributed by atoms with Crippen LogP contribution in [0, 0.1) is 0 Å². The molecule has 0 fully saturated rings. The lowest BCUT2D eigenvalue weighted by Gasteiger charge is -2.10. The second-order valence-corrected chi connectivity index (χ2v) is 5.58. The van der Waals surface area contributed by atoms with E-state index >= 15 is 0 Å². The molecule has 0 aromatic heterocycles. The van der Waals surface area contributed by atoms with Gasteiger partial charge in [-0.2, -0.15) is 0 Å². The maximum absolute atomic E-state index is 12.3. The van der Waals surface area contributed by atoms with E-state index in [0.717, 1.165) is 10.8 Å². The molecule has 0 aliphatic rings. The third kappa shape index (κ3) is 4.27. The number of para-hydroxylation sites is 1. The van der Waals surface area contributed by atoms with Gasteiger partial charge in [-0.05, 0) is 40.6 Å². The van der Waals surface area contributed by atoms with Gasteiger partial charge in [0.25, 0.3) is 0 Å². The van der Waals surface area contributed by atoms with Crippen molar-refractivity contribution in [2.45, 2.75) is 0 Å². The number of anilines is 2. The summed E-state index contributed by atoms with van der Waals surface area (Å²) in [5.74, 6) is -0.458. The SMILES string of the molecule is COC(=O)/C=C/c1ccccc1NC(=O)Nc1ccc2ccccc2c1. The summed E-state index contributed by atoms with van der Waals surface area (Å²) in [5, 5.41) is 7.77. The monoisotopic (exact) mass is 346 g/mol. The second kappa shape index (κ2) is 7.98. The van der Waals surface area contributed by atoms with Gasteiger partial charge >= 0.3 is 12.0 Å². The number of ether oxygens (including phenoxy) is 1. The zero-order chi connectivity index (χ0) is 18.4. The number of esters is 1. The molecule has 5 nitrogen and oxygen atoms in total. The van der Waals surface area contributed by atoms with E-state index in [4.69, 9.17) is 0 Å². The van der Waals surface area contributed by atoms with E-state index in [2.05, 4.69) is 15.4 Å². The number of benzene rings is 3. The highest BCUT2D eigenvalue weighted by Crippen LogP contribution is 2.20. The molecule has 0 bridgehead atoms. The number of carbonyl (C=O) groups excluding carboxylic acids is 2. The van der Waals surface area contributed by atoms with Crippen molar-refractivity contribution in [3.05, 3.63) is 78.4 Å². The Kier molecular flexibility index (Phi) is 5.29. The Bertz CT molecular complexity index is 980. The van der Waals surface area contributed by atoms with Gasteiger partial charge in [0.05, 0.1) is 7.11 Å². The zero-order valence-electron chi connectivity index (χ0n) is 14.2. The largest absolute Gasteiger partial charge is 0.466 e. The molecular formula is C21H18N2O3. The molecule has 0 saturated heterocycles. The van der Waals surface area contributed by atoms with Gasteiger partial charge in [-0.1, -0.05) is 48.5 Å². The van der Waals surface area contributed by atoms with E-state index in [9.17, 15) is 9.59 Å². The van der Waals surface area contributed by atoms with Crippen LogP contribution >= 0.6 is 0 Å². The number of fused-ring (bicyclic) bond motifs is 1. The summed E-state index contributed by atoms with van der Waals surface area (Å²) in [6.45, 7) is 0. The molecule has 3 rings (SSSR count). The number of amides is 2. The van der Waals surface area contributed by atoms with Crippen LogP contribution in [-0.4, -0.2) is 19.1 Å². The average molecular weight is 346 g/mol. The first-order valence-corrected chi connectivity index (χ1v) is 8.07. The standard InChI is InChI=1S/C21H18N2O3/c1-26-20(24)13-11-16-7-4-5-9-19(16)23-21(25)22-18-12-10-15-6-2-3-8-17(15)14-18/h2-14H,1H3,(H2,22,23,25)/b13-11+. The van der Waals surface area contributed by atoms with E-state index in [1.54, 1.807) is 24.3 Å². The third-order valence-corrected chi connectivity index (χ3v) is 3.82. The first-order chi connectivity index (χ1) is 12.7. The van der Waals surface area contributed by atoms with Crippen LogP contribution in [0.25, 0.3) is 16.8 Å². The summed E-state index contributed by atoms with van der Waals surface area (Å²) >= 11 is 0. The van der Waals surface area contributed by atoms with Gasteiger partial charge in [-0.15, -0.1) is 0 Å². The van der Waals surface area contributed by atoms with Crippen molar-refractivity contribution in [2.24, 2.45) is 0 Å². The number of methoxy groups -OCH3 is 1. The highest BCUT2D eigenvalue weighted by Gasteiger charge is 2.06. The molecule has 130 valence electrons. The molecule has 0 radical (unpaired) electrons. The highest BCUT2D eigenvalue weighted by molar-refractivity contribution is 6.02.